The van der Waals surface area contributed by atoms with Gasteiger partial charge in [0.05, 0.1) is 13.2 Å². The average Bonchev–Trinajstić information content (AvgIpc) is 3.23. The Labute approximate surface area is 349 Å². The number of benzene rings is 2. The number of carbonyl (C=O) groups excluding carboxylic acids is 5. The molecule has 3 rings (SSSR count). The molecule has 15 nitrogen and oxygen atoms in total. The number of methoxy groups -OCH3 is 1. The fourth-order valence-electron chi connectivity index (χ4n) is 7.23. The summed E-state index contributed by atoms with van der Waals surface area (Å²) in [5, 5.41) is 19.9. The van der Waals surface area contributed by atoms with Crippen LogP contribution in [0.15, 0.2) is 36.4 Å². The van der Waals surface area contributed by atoms with E-state index in [1.54, 1.807) is 36.4 Å². The third-order valence-corrected chi connectivity index (χ3v) is 10.5. The van der Waals surface area contributed by atoms with Crippen LogP contribution in [-0.4, -0.2) is 93.0 Å². The van der Waals surface area contributed by atoms with Crippen LogP contribution in [0.2, 0.25) is 0 Å². The minimum atomic E-state index is -1.30. The number of likely N-dealkylation sites (N-methyl/N-ethyl adjacent to an activating group) is 1. The predicted molar refractivity (Wildman–Crippen MR) is 227 cm³/mol. The van der Waals surface area contributed by atoms with Crippen molar-refractivity contribution in [3.63, 3.8) is 0 Å². The second-order valence-corrected chi connectivity index (χ2v) is 15.1. The Morgan fingerprint density at radius 1 is 0.898 bits per heavy atom. The number of amides is 5. The Kier molecular flexibility index (Phi) is 21.2. The number of unbranched alkanes of at least 4 members (excludes halogenated alkanes) is 10. The van der Waals surface area contributed by atoms with Crippen LogP contribution in [0.25, 0.3) is 11.1 Å². The third kappa shape index (κ3) is 15.2. The average molecular weight is 819 g/mol. The minimum Gasteiger partial charge on any atom is -0.496 e. The Bertz CT molecular complexity index is 1730. The van der Waals surface area contributed by atoms with Gasteiger partial charge in [-0.15, -0.1) is 0 Å². The van der Waals surface area contributed by atoms with Gasteiger partial charge in [0.2, 0.25) is 29.5 Å². The standard InChI is InChI=1S/C44H66N8O7/c1-5-6-7-8-9-10-11-12-13-14-15-16-39(53)50-35(21-22-45)44(57)52(3)40-32-18-20-38(59-26-24-47)34(29-32)33-27-31(17-19-37(33)58-4)28-36(42(55)48-25-23-46)51-41(54)30(2)49-43(40)56/h17-20,27,29-30,35-36,40H,5-16,21-22,24-26,28,45,47H2,1-4H3,(H,48,55)(H,49,56)(H,50,53)(H,51,54)/t30-,35-,36-,40-/m0/s1. The summed E-state index contributed by atoms with van der Waals surface area (Å²) in [4.78, 5) is 69.8. The first-order valence-electron chi connectivity index (χ1n) is 21.1. The highest BCUT2D eigenvalue weighted by molar-refractivity contribution is 5.96. The number of nitriles is 1. The Morgan fingerprint density at radius 3 is 2.17 bits per heavy atom. The summed E-state index contributed by atoms with van der Waals surface area (Å²) in [6, 6.07) is 7.65. The first kappa shape index (κ1) is 48.2. The monoisotopic (exact) mass is 819 g/mol. The van der Waals surface area contributed by atoms with E-state index in [0.29, 0.717) is 40.2 Å². The third-order valence-electron chi connectivity index (χ3n) is 10.5. The molecular formula is C44H66N8O7. The van der Waals surface area contributed by atoms with Gasteiger partial charge in [-0.2, -0.15) is 5.26 Å². The Hall–Kier alpha value is -5.20. The SMILES string of the molecule is CCCCCCCCCCCCCC(=O)N[C@@H](CCN)C(=O)N(C)[C@@H]1C(=O)N[C@@H](C)C(=O)N[C@H](C(=O)NCC#N)Cc2ccc(OC)c(c2)-c2cc1ccc2OCCN. The van der Waals surface area contributed by atoms with Gasteiger partial charge in [-0.3, -0.25) is 24.0 Å². The molecule has 324 valence electrons. The normalized spacial score (nSPS) is 17.0. The lowest BCUT2D eigenvalue weighted by atomic mass is 9.93. The Balaban J connectivity index is 1.94. The van der Waals surface area contributed by atoms with Gasteiger partial charge in [-0.25, -0.2) is 0 Å². The van der Waals surface area contributed by atoms with Gasteiger partial charge in [0.25, 0.3) is 0 Å². The highest BCUT2D eigenvalue weighted by Gasteiger charge is 2.36. The highest BCUT2D eigenvalue weighted by Crippen LogP contribution is 2.40. The number of nitrogens with one attached hydrogen (secondary N) is 4. The number of rotatable bonds is 23. The van der Waals surface area contributed by atoms with E-state index < -0.39 is 47.8 Å². The maximum atomic E-state index is 14.4. The molecule has 59 heavy (non-hydrogen) atoms. The van der Waals surface area contributed by atoms with Crippen molar-refractivity contribution in [3.05, 3.63) is 47.5 Å². The summed E-state index contributed by atoms with van der Waals surface area (Å²) in [6.45, 7) is 3.93. The topological polar surface area (TPSA) is 231 Å². The summed E-state index contributed by atoms with van der Waals surface area (Å²) >= 11 is 0. The van der Waals surface area contributed by atoms with Crippen molar-refractivity contribution in [1.29, 1.82) is 5.26 Å². The van der Waals surface area contributed by atoms with Crippen LogP contribution in [0.1, 0.15) is 114 Å². The first-order chi connectivity index (χ1) is 28.5. The number of hydrogen-bond acceptors (Lipinski definition) is 10. The van der Waals surface area contributed by atoms with Crippen LogP contribution in [0.4, 0.5) is 0 Å². The number of nitrogens with two attached hydrogens (primary N) is 2. The van der Waals surface area contributed by atoms with E-state index in [2.05, 4.69) is 28.2 Å². The summed E-state index contributed by atoms with van der Waals surface area (Å²) in [7, 11) is 2.97. The number of ether oxygens (including phenoxy) is 2. The van der Waals surface area contributed by atoms with Gasteiger partial charge in [-0.05, 0) is 61.7 Å². The van der Waals surface area contributed by atoms with Crippen molar-refractivity contribution < 1.29 is 33.4 Å². The van der Waals surface area contributed by atoms with E-state index >= 15 is 0 Å². The van der Waals surface area contributed by atoms with E-state index in [-0.39, 0.29) is 51.4 Å². The van der Waals surface area contributed by atoms with E-state index in [0.717, 1.165) is 19.3 Å². The second-order valence-electron chi connectivity index (χ2n) is 15.1. The molecule has 0 fully saturated rings. The zero-order valence-corrected chi connectivity index (χ0v) is 35.4. The van der Waals surface area contributed by atoms with Crippen LogP contribution < -0.4 is 42.2 Å². The number of hydrogen-bond donors (Lipinski definition) is 6. The van der Waals surface area contributed by atoms with E-state index in [4.69, 9.17) is 26.2 Å². The largest absolute Gasteiger partial charge is 0.496 e. The van der Waals surface area contributed by atoms with Crippen molar-refractivity contribution in [2.24, 2.45) is 11.5 Å². The zero-order chi connectivity index (χ0) is 43.2. The summed E-state index contributed by atoms with van der Waals surface area (Å²) in [6.07, 6.45) is 13.1. The lowest BCUT2D eigenvalue weighted by molar-refractivity contribution is -0.143. The van der Waals surface area contributed by atoms with Gasteiger partial charge in [0.1, 0.15) is 48.8 Å². The fourth-order valence-corrected chi connectivity index (χ4v) is 7.23. The minimum absolute atomic E-state index is 0.0483. The van der Waals surface area contributed by atoms with Gasteiger partial charge in [0, 0.05) is 37.6 Å². The molecule has 1 heterocycles. The molecule has 5 amide bonds. The van der Waals surface area contributed by atoms with Gasteiger partial charge >= 0.3 is 0 Å². The second kappa shape index (κ2) is 26.0. The molecule has 8 N–H and O–H groups in total. The lowest BCUT2D eigenvalue weighted by Crippen LogP contribution is -2.56. The summed E-state index contributed by atoms with van der Waals surface area (Å²) in [5.74, 6) is -1.87. The van der Waals surface area contributed by atoms with Gasteiger partial charge in [0.15, 0.2) is 0 Å². The van der Waals surface area contributed by atoms with Crippen LogP contribution in [-0.2, 0) is 30.4 Å². The molecule has 1 aliphatic rings. The highest BCUT2D eigenvalue weighted by atomic mass is 16.5. The van der Waals surface area contributed by atoms with Crippen LogP contribution in [0, 0.1) is 11.3 Å². The maximum absolute atomic E-state index is 14.4. The number of nitrogens with zero attached hydrogens (tertiary/aromatic N) is 2. The van der Waals surface area contributed by atoms with Crippen molar-refractivity contribution in [1.82, 2.24) is 26.2 Å². The van der Waals surface area contributed by atoms with Crippen LogP contribution >= 0.6 is 0 Å². The molecule has 4 bridgehead atoms. The molecule has 0 aliphatic carbocycles. The summed E-state index contributed by atoms with van der Waals surface area (Å²) < 4.78 is 11.8. The molecule has 0 unspecified atom stereocenters. The molecule has 2 aromatic rings. The smallest absolute Gasteiger partial charge is 0.248 e. The molecule has 2 aromatic carbocycles. The van der Waals surface area contributed by atoms with Crippen LogP contribution in [0.5, 0.6) is 11.5 Å². The zero-order valence-electron chi connectivity index (χ0n) is 35.4. The van der Waals surface area contributed by atoms with Gasteiger partial charge < -0.3 is 47.1 Å². The van der Waals surface area contributed by atoms with E-state index in [1.807, 2.05) is 6.07 Å². The van der Waals surface area contributed by atoms with Crippen molar-refractivity contribution >= 4 is 29.5 Å². The number of fused-ring (bicyclic) bond motifs is 5. The number of carbonyl (C=O) groups is 5. The van der Waals surface area contributed by atoms with E-state index in [9.17, 15) is 24.0 Å². The van der Waals surface area contributed by atoms with Crippen LogP contribution in [0.3, 0.4) is 0 Å². The fraction of sp³-hybridized carbons (Fsp3) is 0.591. The summed E-state index contributed by atoms with van der Waals surface area (Å²) in [5.41, 5.74) is 13.8. The first-order valence-corrected chi connectivity index (χ1v) is 21.1. The van der Waals surface area contributed by atoms with Crippen molar-refractivity contribution in [3.8, 4) is 28.7 Å². The van der Waals surface area contributed by atoms with Gasteiger partial charge in [-0.1, -0.05) is 83.3 Å². The van der Waals surface area contributed by atoms with Crippen molar-refractivity contribution in [2.75, 3.05) is 40.4 Å². The molecule has 0 saturated carbocycles. The predicted octanol–water partition coefficient (Wildman–Crippen LogP) is 3.92. The quantitative estimate of drug-likeness (QED) is 0.0699. The van der Waals surface area contributed by atoms with Crippen molar-refractivity contribution in [2.45, 2.75) is 128 Å². The molecule has 0 aromatic heterocycles. The maximum Gasteiger partial charge on any atom is 0.248 e. The Morgan fingerprint density at radius 2 is 1.54 bits per heavy atom. The van der Waals surface area contributed by atoms with E-state index in [1.165, 1.54) is 70.9 Å². The lowest BCUT2D eigenvalue weighted by Gasteiger charge is -2.32. The molecule has 0 radical (unpaired) electrons. The molecule has 0 spiro atoms. The molecule has 1 aliphatic heterocycles. The molecule has 15 heteroatoms. The molecule has 4 atom stereocenters. The molecular weight excluding hydrogens is 753 g/mol. The molecule has 0 saturated heterocycles.